The monoisotopic (exact) mass is 450 g/mol. The van der Waals surface area contributed by atoms with Crippen molar-refractivity contribution in [1.29, 1.82) is 0 Å². The minimum absolute atomic E-state index is 0.0197. The van der Waals surface area contributed by atoms with E-state index >= 15 is 0 Å². The van der Waals surface area contributed by atoms with Gasteiger partial charge in [-0.25, -0.2) is 13.2 Å². The fourth-order valence-corrected chi connectivity index (χ4v) is 4.93. The van der Waals surface area contributed by atoms with Crippen LogP contribution in [-0.2, 0) is 25.8 Å². The number of benzene rings is 1. The quantitative estimate of drug-likeness (QED) is 0.321. The highest BCUT2D eigenvalue weighted by Gasteiger charge is 2.19. The largest absolute Gasteiger partial charge is 0.463 e. The Kier molecular flexibility index (Phi) is 7.52. The number of hydrogen-bond donors (Lipinski definition) is 0. The number of sulfone groups is 1. The molecule has 0 bridgehead atoms. The first-order valence-corrected chi connectivity index (χ1v) is 12.6. The second-order valence-corrected chi connectivity index (χ2v) is 10.4. The average molecular weight is 451 g/mol. The highest BCUT2D eigenvalue weighted by atomic mass is 32.2. The van der Waals surface area contributed by atoms with E-state index < -0.39 is 15.8 Å². The van der Waals surface area contributed by atoms with Gasteiger partial charge in [-0.05, 0) is 72.2 Å². The van der Waals surface area contributed by atoms with Crippen LogP contribution in [0.1, 0.15) is 48.9 Å². The van der Waals surface area contributed by atoms with E-state index in [1.807, 2.05) is 37.3 Å². The van der Waals surface area contributed by atoms with Gasteiger partial charge in [0.2, 0.25) is 0 Å². The summed E-state index contributed by atoms with van der Waals surface area (Å²) < 4.78 is 30.8. The third-order valence-electron chi connectivity index (χ3n) is 5.51. The minimum atomic E-state index is -3.40. The fraction of sp³-hybridized carbons (Fsp3) is 0.296. The van der Waals surface area contributed by atoms with Crippen molar-refractivity contribution in [3.63, 3.8) is 0 Å². The van der Waals surface area contributed by atoms with Gasteiger partial charge in [0, 0.05) is 6.08 Å². The topological polar surface area (TPSA) is 60.4 Å². The van der Waals surface area contributed by atoms with Gasteiger partial charge in [-0.1, -0.05) is 61.9 Å². The zero-order chi connectivity index (χ0) is 23.3. The van der Waals surface area contributed by atoms with Gasteiger partial charge < -0.3 is 4.74 Å². The molecule has 2 aliphatic rings. The van der Waals surface area contributed by atoms with Gasteiger partial charge in [0.1, 0.15) is 0 Å². The van der Waals surface area contributed by atoms with Crippen molar-refractivity contribution >= 4 is 21.9 Å². The number of esters is 1. The number of rotatable bonds is 8. The van der Waals surface area contributed by atoms with E-state index in [0.29, 0.717) is 23.8 Å². The highest BCUT2D eigenvalue weighted by Crippen LogP contribution is 2.35. The molecule has 1 aromatic rings. The van der Waals surface area contributed by atoms with Crippen LogP contribution in [0.4, 0.5) is 0 Å². The molecule has 0 N–H and O–H groups in total. The van der Waals surface area contributed by atoms with Crippen LogP contribution in [0.3, 0.4) is 0 Å². The van der Waals surface area contributed by atoms with E-state index in [-0.39, 0.29) is 5.75 Å². The summed E-state index contributed by atoms with van der Waals surface area (Å²) in [5, 5.41) is 0. The highest BCUT2D eigenvalue weighted by molar-refractivity contribution is 7.91. The summed E-state index contributed by atoms with van der Waals surface area (Å²) in [6.07, 6.45) is 3.57. The number of carbonyl (C=O) groups is 1. The molecule has 2 aliphatic carbocycles. The molecule has 168 valence electrons. The number of carbonyl (C=O) groups excluding carboxylic acids is 1. The standard InChI is InChI=1S/C27H30O4S/c1-5-31-27(28)14-11-22-17-23(25-8-6-7-21(19(2)3)18-26(22)25)15-16-32(29,30)24-12-9-20(4)10-13-24/h6-14,17-19H,5,15-16H2,1-4H3. The Labute approximate surface area is 191 Å². The molecule has 0 amide bonds. The van der Waals surface area contributed by atoms with Crippen LogP contribution >= 0.6 is 0 Å². The molecule has 4 nitrogen and oxygen atoms in total. The van der Waals surface area contributed by atoms with Crippen molar-refractivity contribution in [1.82, 2.24) is 0 Å². The van der Waals surface area contributed by atoms with Crippen molar-refractivity contribution < 1.29 is 17.9 Å². The SMILES string of the molecule is CCOC(=O)C=Cc1cc(CCS(=O)(=O)c2ccc(C)cc2)c2cccc(C(C)C)cc1-2. The second kappa shape index (κ2) is 10.1. The molecule has 0 saturated carbocycles. The summed E-state index contributed by atoms with van der Waals surface area (Å²) in [6.45, 7) is 8.29. The summed E-state index contributed by atoms with van der Waals surface area (Å²) in [4.78, 5) is 12.2. The molecule has 5 heteroatoms. The van der Waals surface area contributed by atoms with Crippen LogP contribution in [0.25, 0.3) is 17.2 Å². The van der Waals surface area contributed by atoms with E-state index in [1.165, 1.54) is 11.6 Å². The van der Waals surface area contributed by atoms with E-state index in [2.05, 4.69) is 26.0 Å². The molecular formula is C27H30O4S. The summed E-state index contributed by atoms with van der Waals surface area (Å²) in [5.74, 6) is -0.0336. The van der Waals surface area contributed by atoms with Crippen molar-refractivity contribution in [3.8, 4) is 11.1 Å². The number of hydrogen-bond acceptors (Lipinski definition) is 4. The van der Waals surface area contributed by atoms with Crippen LogP contribution in [-0.4, -0.2) is 26.7 Å². The number of ether oxygens (including phenoxy) is 1. The summed E-state index contributed by atoms with van der Waals surface area (Å²) in [5.41, 5.74) is 6.04. The molecule has 0 atom stereocenters. The Hall–Kier alpha value is -2.92. The summed E-state index contributed by atoms with van der Waals surface area (Å²) >= 11 is 0. The van der Waals surface area contributed by atoms with Crippen molar-refractivity contribution in [2.24, 2.45) is 0 Å². The maximum atomic E-state index is 12.9. The van der Waals surface area contributed by atoms with Gasteiger partial charge in [0.15, 0.2) is 9.84 Å². The third kappa shape index (κ3) is 5.65. The normalized spacial score (nSPS) is 12.0. The number of aryl methyl sites for hydroxylation is 2. The van der Waals surface area contributed by atoms with E-state index in [0.717, 1.165) is 27.8 Å². The Morgan fingerprint density at radius 2 is 1.75 bits per heavy atom. The van der Waals surface area contributed by atoms with Crippen molar-refractivity contribution in [2.45, 2.75) is 44.9 Å². The van der Waals surface area contributed by atoms with Crippen LogP contribution in [0, 0.1) is 6.92 Å². The molecule has 0 heterocycles. The second-order valence-electron chi connectivity index (χ2n) is 8.24. The first-order chi connectivity index (χ1) is 15.2. The van der Waals surface area contributed by atoms with Crippen LogP contribution in [0.15, 0.2) is 65.6 Å². The molecular weight excluding hydrogens is 420 g/mol. The Balaban J connectivity index is 1.96. The molecule has 1 aromatic carbocycles. The van der Waals surface area contributed by atoms with Crippen molar-refractivity contribution in [2.75, 3.05) is 12.4 Å². The van der Waals surface area contributed by atoms with Gasteiger partial charge in [0.05, 0.1) is 17.3 Å². The van der Waals surface area contributed by atoms with Gasteiger partial charge in [-0.15, -0.1) is 0 Å². The van der Waals surface area contributed by atoms with E-state index in [1.54, 1.807) is 25.1 Å². The lowest BCUT2D eigenvalue weighted by molar-refractivity contribution is -0.137. The molecule has 0 radical (unpaired) electrons. The maximum Gasteiger partial charge on any atom is 0.330 e. The Bertz CT molecular complexity index is 1190. The molecule has 0 saturated heterocycles. The molecule has 0 aliphatic heterocycles. The van der Waals surface area contributed by atoms with Gasteiger partial charge >= 0.3 is 5.97 Å². The van der Waals surface area contributed by atoms with Crippen LogP contribution in [0.2, 0.25) is 0 Å². The van der Waals surface area contributed by atoms with Gasteiger partial charge in [0.25, 0.3) is 0 Å². The Morgan fingerprint density at radius 1 is 1.03 bits per heavy atom. The number of fused-ring (bicyclic) bond motifs is 1. The first kappa shape index (κ1) is 23.7. The van der Waals surface area contributed by atoms with E-state index in [9.17, 15) is 13.2 Å². The Morgan fingerprint density at radius 3 is 2.41 bits per heavy atom. The average Bonchev–Trinajstić information content (AvgIpc) is 2.91. The zero-order valence-corrected chi connectivity index (χ0v) is 19.9. The smallest absolute Gasteiger partial charge is 0.330 e. The predicted octanol–water partition coefficient (Wildman–Crippen LogP) is 5.82. The van der Waals surface area contributed by atoms with E-state index in [4.69, 9.17) is 4.74 Å². The molecule has 3 rings (SSSR count). The summed E-state index contributed by atoms with van der Waals surface area (Å²) in [7, 11) is -3.40. The molecule has 0 spiro atoms. The van der Waals surface area contributed by atoms with Gasteiger partial charge in [-0.2, -0.15) is 0 Å². The summed E-state index contributed by atoms with van der Waals surface area (Å²) in [6, 6.07) is 17.2. The zero-order valence-electron chi connectivity index (χ0n) is 19.1. The lowest BCUT2D eigenvalue weighted by atomic mass is 10.0. The molecule has 0 aromatic heterocycles. The minimum Gasteiger partial charge on any atom is -0.463 e. The molecule has 32 heavy (non-hydrogen) atoms. The van der Waals surface area contributed by atoms with Gasteiger partial charge in [-0.3, -0.25) is 0 Å². The lowest BCUT2D eigenvalue weighted by Crippen LogP contribution is -2.09. The van der Waals surface area contributed by atoms with Crippen LogP contribution < -0.4 is 0 Å². The first-order valence-electron chi connectivity index (χ1n) is 10.9. The fourth-order valence-electron chi connectivity index (χ4n) is 3.66. The van der Waals surface area contributed by atoms with Crippen molar-refractivity contribution in [3.05, 3.63) is 82.9 Å². The molecule has 0 unspecified atom stereocenters. The molecule has 0 fully saturated rings. The van der Waals surface area contributed by atoms with Crippen LogP contribution in [0.5, 0.6) is 0 Å². The lowest BCUT2D eigenvalue weighted by Gasteiger charge is -2.06. The third-order valence-corrected chi connectivity index (χ3v) is 7.24. The predicted molar refractivity (Wildman–Crippen MR) is 130 cm³/mol. The maximum absolute atomic E-state index is 12.9.